The Morgan fingerprint density at radius 1 is 1.07 bits per heavy atom. The van der Waals surface area contributed by atoms with Gasteiger partial charge in [0.1, 0.15) is 6.61 Å². The van der Waals surface area contributed by atoms with Crippen LogP contribution in [0.1, 0.15) is 52.5 Å². The summed E-state index contributed by atoms with van der Waals surface area (Å²) < 4.78 is 5.47. The van der Waals surface area contributed by atoms with Gasteiger partial charge in [0, 0.05) is 18.5 Å². The summed E-state index contributed by atoms with van der Waals surface area (Å²) in [6.07, 6.45) is 2.29. The first kappa shape index (κ1) is 19.7. The molecule has 27 heavy (non-hydrogen) atoms. The van der Waals surface area contributed by atoms with E-state index in [1.165, 1.54) is 0 Å². The van der Waals surface area contributed by atoms with Crippen molar-refractivity contribution in [1.82, 2.24) is 4.90 Å². The normalized spacial score (nSPS) is 25.3. The van der Waals surface area contributed by atoms with E-state index in [-0.39, 0.29) is 29.4 Å². The lowest BCUT2D eigenvalue weighted by molar-refractivity contribution is -0.148. The predicted molar refractivity (Wildman–Crippen MR) is 103 cm³/mol. The summed E-state index contributed by atoms with van der Waals surface area (Å²) in [6, 6.07) is 9.54. The molecule has 1 N–H and O–H groups in total. The molecule has 5 nitrogen and oxygen atoms in total. The second-order valence-corrected chi connectivity index (χ2v) is 10.0. The minimum atomic E-state index is -0.804. The highest BCUT2D eigenvalue weighted by Crippen LogP contribution is 2.59. The third-order valence-electron chi connectivity index (χ3n) is 6.03. The number of carboxylic acids is 1. The molecule has 1 saturated heterocycles. The molecule has 1 aliphatic carbocycles. The SMILES string of the molecule is CC1(C)CC(C)(C)CC2(CN(C(=O)OCc3ccccc3)CC2C(=O)O)C1. The van der Waals surface area contributed by atoms with Crippen molar-refractivity contribution in [3.63, 3.8) is 0 Å². The summed E-state index contributed by atoms with van der Waals surface area (Å²) in [5, 5.41) is 9.90. The highest BCUT2D eigenvalue weighted by molar-refractivity contribution is 5.75. The fraction of sp³-hybridized carbons (Fsp3) is 0.636. The van der Waals surface area contributed by atoms with E-state index in [1.807, 2.05) is 30.3 Å². The van der Waals surface area contributed by atoms with Gasteiger partial charge in [0.25, 0.3) is 0 Å². The molecule has 5 heteroatoms. The number of amides is 1. The van der Waals surface area contributed by atoms with Crippen LogP contribution < -0.4 is 0 Å². The molecule has 2 aliphatic rings. The number of likely N-dealkylation sites (tertiary alicyclic amines) is 1. The molecule has 1 spiro atoms. The van der Waals surface area contributed by atoms with Crippen molar-refractivity contribution in [2.45, 2.75) is 53.6 Å². The van der Waals surface area contributed by atoms with Crippen molar-refractivity contribution in [3.05, 3.63) is 35.9 Å². The fourth-order valence-electron chi connectivity index (χ4n) is 6.01. The Morgan fingerprint density at radius 2 is 1.67 bits per heavy atom. The second kappa shape index (κ2) is 6.84. The van der Waals surface area contributed by atoms with Crippen LogP contribution >= 0.6 is 0 Å². The summed E-state index contributed by atoms with van der Waals surface area (Å²) in [7, 11) is 0. The summed E-state index contributed by atoms with van der Waals surface area (Å²) in [5.74, 6) is -1.34. The lowest BCUT2D eigenvalue weighted by Crippen LogP contribution is -2.47. The molecule has 1 unspecified atom stereocenters. The number of ether oxygens (including phenoxy) is 1. The fourth-order valence-corrected chi connectivity index (χ4v) is 6.01. The zero-order valence-electron chi connectivity index (χ0n) is 16.8. The summed E-state index contributed by atoms with van der Waals surface area (Å²) in [6.45, 7) is 9.75. The van der Waals surface area contributed by atoms with Gasteiger partial charge in [-0.05, 0) is 35.7 Å². The number of hydrogen-bond donors (Lipinski definition) is 1. The number of nitrogens with zero attached hydrogens (tertiary/aromatic N) is 1. The Hall–Kier alpha value is -2.04. The van der Waals surface area contributed by atoms with E-state index >= 15 is 0 Å². The van der Waals surface area contributed by atoms with Crippen molar-refractivity contribution < 1.29 is 19.4 Å². The third-order valence-corrected chi connectivity index (χ3v) is 6.03. The number of rotatable bonds is 3. The zero-order chi connectivity index (χ0) is 19.9. The lowest BCUT2D eigenvalue weighted by Gasteiger charge is -2.52. The van der Waals surface area contributed by atoms with Gasteiger partial charge >= 0.3 is 12.1 Å². The number of aliphatic carboxylic acids is 1. The molecule has 0 aromatic heterocycles. The summed E-state index contributed by atoms with van der Waals surface area (Å²) >= 11 is 0. The third kappa shape index (κ3) is 4.28. The number of carbonyl (C=O) groups excluding carboxylic acids is 1. The van der Waals surface area contributed by atoms with Crippen LogP contribution in [0.4, 0.5) is 4.79 Å². The van der Waals surface area contributed by atoms with E-state index in [0.717, 1.165) is 24.8 Å². The van der Waals surface area contributed by atoms with Gasteiger partial charge in [-0.3, -0.25) is 4.79 Å². The number of hydrogen-bond acceptors (Lipinski definition) is 3. The average Bonchev–Trinajstić information content (AvgIpc) is 2.88. The minimum absolute atomic E-state index is 0.0550. The van der Waals surface area contributed by atoms with Gasteiger partial charge in [-0.15, -0.1) is 0 Å². The minimum Gasteiger partial charge on any atom is -0.481 e. The van der Waals surface area contributed by atoms with Crippen LogP contribution in [-0.2, 0) is 16.1 Å². The molecule has 1 aromatic carbocycles. The largest absolute Gasteiger partial charge is 0.481 e. The van der Waals surface area contributed by atoms with Gasteiger partial charge < -0.3 is 14.7 Å². The Balaban J connectivity index is 1.76. The molecule has 2 fully saturated rings. The van der Waals surface area contributed by atoms with Crippen LogP contribution in [0.5, 0.6) is 0 Å². The maximum Gasteiger partial charge on any atom is 0.410 e. The van der Waals surface area contributed by atoms with Gasteiger partial charge in [0.15, 0.2) is 0 Å². The van der Waals surface area contributed by atoms with Crippen molar-refractivity contribution in [1.29, 1.82) is 0 Å². The molecular weight excluding hydrogens is 342 g/mol. The van der Waals surface area contributed by atoms with Gasteiger partial charge in [-0.25, -0.2) is 4.79 Å². The molecule has 1 amide bonds. The Morgan fingerprint density at radius 3 is 2.22 bits per heavy atom. The molecule has 1 atom stereocenters. The maximum absolute atomic E-state index is 12.6. The Bertz CT molecular complexity index is 694. The molecule has 1 aliphatic heterocycles. The highest BCUT2D eigenvalue weighted by atomic mass is 16.6. The van der Waals surface area contributed by atoms with E-state index in [4.69, 9.17) is 4.74 Å². The monoisotopic (exact) mass is 373 g/mol. The van der Waals surface area contributed by atoms with Gasteiger partial charge in [0.2, 0.25) is 0 Å². The van der Waals surface area contributed by atoms with Crippen LogP contribution in [0, 0.1) is 22.2 Å². The first-order chi connectivity index (χ1) is 12.5. The van der Waals surface area contributed by atoms with E-state index in [2.05, 4.69) is 27.7 Å². The van der Waals surface area contributed by atoms with Gasteiger partial charge in [-0.1, -0.05) is 58.0 Å². The highest BCUT2D eigenvalue weighted by Gasteiger charge is 2.58. The van der Waals surface area contributed by atoms with Crippen molar-refractivity contribution in [2.75, 3.05) is 13.1 Å². The Kier molecular flexibility index (Phi) is 5.00. The quantitative estimate of drug-likeness (QED) is 0.843. The first-order valence-corrected chi connectivity index (χ1v) is 9.71. The molecule has 1 heterocycles. The van der Waals surface area contributed by atoms with Gasteiger partial charge in [-0.2, -0.15) is 0 Å². The molecule has 3 rings (SSSR count). The van der Waals surface area contributed by atoms with Crippen molar-refractivity contribution >= 4 is 12.1 Å². The topological polar surface area (TPSA) is 66.8 Å². The maximum atomic E-state index is 12.6. The molecular formula is C22H31NO4. The first-order valence-electron chi connectivity index (χ1n) is 9.71. The standard InChI is InChI=1S/C22H31NO4/c1-20(2)12-21(3,4)14-22(13-20)15-23(10-17(22)18(24)25)19(26)27-11-16-8-6-5-7-9-16/h5-9,17H,10-15H2,1-4H3,(H,24,25). The summed E-state index contributed by atoms with van der Waals surface area (Å²) in [4.78, 5) is 26.3. The molecule has 0 bridgehead atoms. The van der Waals surface area contributed by atoms with Gasteiger partial charge in [0.05, 0.1) is 5.92 Å². The van der Waals surface area contributed by atoms with E-state index < -0.39 is 18.0 Å². The number of benzene rings is 1. The lowest BCUT2D eigenvalue weighted by atomic mass is 9.52. The number of carboxylic acid groups (broad SMARTS) is 1. The van der Waals surface area contributed by atoms with Crippen LogP contribution in [0.3, 0.4) is 0 Å². The van der Waals surface area contributed by atoms with Crippen LogP contribution in [-0.4, -0.2) is 35.2 Å². The van der Waals surface area contributed by atoms with E-state index in [1.54, 1.807) is 4.90 Å². The van der Waals surface area contributed by atoms with Crippen LogP contribution in [0.15, 0.2) is 30.3 Å². The zero-order valence-corrected chi connectivity index (χ0v) is 16.8. The smallest absolute Gasteiger partial charge is 0.410 e. The molecule has 1 saturated carbocycles. The molecule has 148 valence electrons. The van der Waals surface area contributed by atoms with Crippen molar-refractivity contribution in [3.8, 4) is 0 Å². The Labute approximate surface area is 161 Å². The summed E-state index contributed by atoms with van der Waals surface area (Å²) in [5.41, 5.74) is 0.649. The molecule has 0 radical (unpaired) electrons. The second-order valence-electron chi connectivity index (χ2n) is 10.0. The number of carbonyl (C=O) groups is 2. The predicted octanol–water partition coefficient (Wildman–Crippen LogP) is 4.56. The van der Waals surface area contributed by atoms with Crippen LogP contribution in [0.2, 0.25) is 0 Å². The van der Waals surface area contributed by atoms with E-state index in [9.17, 15) is 14.7 Å². The van der Waals surface area contributed by atoms with Crippen molar-refractivity contribution in [2.24, 2.45) is 22.2 Å². The van der Waals surface area contributed by atoms with E-state index in [0.29, 0.717) is 6.54 Å². The van der Waals surface area contributed by atoms with Crippen LogP contribution in [0.25, 0.3) is 0 Å². The average molecular weight is 373 g/mol. The molecule has 1 aromatic rings.